The van der Waals surface area contributed by atoms with Crippen molar-refractivity contribution >= 4 is 28.7 Å². The quantitative estimate of drug-likeness (QED) is 0.339. The van der Waals surface area contributed by atoms with E-state index in [-0.39, 0.29) is 18.1 Å². The van der Waals surface area contributed by atoms with Crippen LogP contribution < -0.4 is 0 Å². The maximum atomic E-state index is 13.4. The Hall–Kier alpha value is -2.93. The Balaban J connectivity index is 1.84. The Morgan fingerprint density at radius 1 is 1.19 bits per heavy atom. The maximum Gasteiger partial charge on any atom is 0.419 e. The number of fused-ring (bicyclic) bond motifs is 2. The lowest BCUT2D eigenvalue weighted by atomic mass is 9.46. The van der Waals surface area contributed by atoms with Gasteiger partial charge in [-0.1, -0.05) is 37.3 Å². The van der Waals surface area contributed by atoms with Crippen LogP contribution in [0.5, 0.6) is 0 Å². The molecule has 4 rings (SSSR count). The highest BCUT2D eigenvalue weighted by molar-refractivity contribution is 6.04. The lowest BCUT2D eigenvalue weighted by Gasteiger charge is -2.57. The lowest BCUT2D eigenvalue weighted by molar-refractivity contribution is -0.176. The number of aromatic nitrogens is 1. The normalized spacial score (nSPS) is 29.5. The van der Waals surface area contributed by atoms with Gasteiger partial charge in [0.15, 0.2) is 0 Å². The van der Waals surface area contributed by atoms with Crippen LogP contribution in [0.1, 0.15) is 72.1 Å². The second-order valence-corrected chi connectivity index (χ2v) is 11.7. The Kier molecular flexibility index (Phi) is 6.44. The van der Waals surface area contributed by atoms with E-state index < -0.39 is 40.5 Å². The first-order valence-electron chi connectivity index (χ1n) is 12.6. The van der Waals surface area contributed by atoms with E-state index in [1.807, 2.05) is 37.3 Å². The van der Waals surface area contributed by atoms with Crippen LogP contribution in [-0.4, -0.2) is 40.2 Å². The summed E-state index contributed by atoms with van der Waals surface area (Å²) in [5.74, 6) is -1.46. The van der Waals surface area contributed by atoms with Gasteiger partial charge in [0.25, 0.3) is 0 Å². The number of para-hydroxylation sites is 1. The summed E-state index contributed by atoms with van der Waals surface area (Å²) in [6.07, 6.45) is 0.222. The van der Waals surface area contributed by atoms with Crippen LogP contribution in [0, 0.1) is 22.7 Å². The number of hydrogen-bond donors (Lipinski definition) is 1. The van der Waals surface area contributed by atoms with E-state index in [0.717, 1.165) is 11.0 Å². The van der Waals surface area contributed by atoms with E-state index >= 15 is 0 Å². The zero-order valence-corrected chi connectivity index (χ0v) is 22.1. The van der Waals surface area contributed by atoms with Crippen LogP contribution in [0.4, 0.5) is 4.79 Å². The Morgan fingerprint density at radius 3 is 2.50 bits per heavy atom. The van der Waals surface area contributed by atoms with Crippen LogP contribution in [0.2, 0.25) is 0 Å². The largest absolute Gasteiger partial charge is 0.468 e. The summed E-state index contributed by atoms with van der Waals surface area (Å²) in [6, 6.07) is 9.25. The van der Waals surface area contributed by atoms with E-state index in [2.05, 4.69) is 6.58 Å². The van der Waals surface area contributed by atoms with Crippen molar-refractivity contribution in [2.75, 3.05) is 7.11 Å². The van der Waals surface area contributed by atoms with Crippen LogP contribution in [0.25, 0.3) is 10.9 Å². The summed E-state index contributed by atoms with van der Waals surface area (Å²) in [6.45, 7) is 13.4. The molecule has 0 saturated heterocycles. The predicted molar refractivity (Wildman–Crippen MR) is 136 cm³/mol. The van der Waals surface area contributed by atoms with Crippen LogP contribution in [0.15, 0.2) is 42.5 Å². The summed E-state index contributed by atoms with van der Waals surface area (Å²) >= 11 is 0. The molecule has 2 aliphatic carbocycles. The summed E-state index contributed by atoms with van der Waals surface area (Å²) in [4.78, 5) is 39.4. The number of carbonyl (C=O) groups is 3. The summed E-state index contributed by atoms with van der Waals surface area (Å²) in [5, 5.41) is 12.8. The zero-order valence-electron chi connectivity index (χ0n) is 22.1. The Morgan fingerprint density at radius 2 is 1.86 bits per heavy atom. The number of ether oxygens (including phenoxy) is 2. The van der Waals surface area contributed by atoms with Gasteiger partial charge in [0.05, 0.1) is 18.3 Å². The number of rotatable bonds is 3. The fourth-order valence-electron chi connectivity index (χ4n) is 6.74. The molecule has 5 atom stereocenters. The summed E-state index contributed by atoms with van der Waals surface area (Å²) in [5.41, 5.74) is -0.720. The van der Waals surface area contributed by atoms with Gasteiger partial charge in [-0.3, -0.25) is 9.59 Å². The number of aliphatic hydroxyl groups excluding tert-OH is 1. The third-order valence-electron chi connectivity index (χ3n) is 8.41. The highest BCUT2D eigenvalue weighted by atomic mass is 16.6. The molecule has 2 aromatic rings. The average Bonchev–Trinajstić information content (AvgIpc) is 3.19. The zero-order chi connectivity index (χ0) is 26.6. The molecule has 194 valence electrons. The van der Waals surface area contributed by atoms with E-state index in [1.54, 1.807) is 27.7 Å². The molecule has 2 saturated carbocycles. The van der Waals surface area contributed by atoms with Crippen molar-refractivity contribution in [2.24, 2.45) is 22.7 Å². The molecule has 0 radical (unpaired) electrons. The van der Waals surface area contributed by atoms with Gasteiger partial charge < -0.3 is 14.6 Å². The Labute approximate surface area is 212 Å². The fraction of sp³-hybridized carbons (Fsp3) is 0.552. The molecule has 36 heavy (non-hydrogen) atoms. The average molecular weight is 496 g/mol. The predicted octanol–water partition coefficient (Wildman–Crippen LogP) is 5.59. The van der Waals surface area contributed by atoms with Gasteiger partial charge >= 0.3 is 12.1 Å². The molecule has 7 heteroatoms. The number of aliphatic hydroxyl groups is 1. The maximum absolute atomic E-state index is 13.4. The first-order valence-corrected chi connectivity index (χ1v) is 12.6. The molecule has 0 amide bonds. The third-order valence-corrected chi connectivity index (χ3v) is 8.41. The minimum atomic E-state index is -1.29. The molecule has 0 bridgehead atoms. The summed E-state index contributed by atoms with van der Waals surface area (Å²) in [7, 11) is 1.31. The monoisotopic (exact) mass is 495 g/mol. The number of hydrogen-bond acceptors (Lipinski definition) is 6. The fourth-order valence-corrected chi connectivity index (χ4v) is 6.74. The number of Topliss-reactive ketones (excluding diaryl/α,β-unsaturated/α-hetero) is 1. The molecule has 1 N–H and O–H groups in total. The molecule has 2 fully saturated rings. The Bertz CT molecular complexity index is 1230. The molecular formula is C29H37NO6. The van der Waals surface area contributed by atoms with E-state index in [9.17, 15) is 19.5 Å². The van der Waals surface area contributed by atoms with Crippen molar-refractivity contribution in [3.8, 4) is 0 Å². The van der Waals surface area contributed by atoms with Gasteiger partial charge in [-0.25, -0.2) is 9.36 Å². The molecular weight excluding hydrogens is 458 g/mol. The van der Waals surface area contributed by atoms with Gasteiger partial charge in [0.2, 0.25) is 0 Å². The van der Waals surface area contributed by atoms with Gasteiger partial charge in [0, 0.05) is 17.7 Å². The van der Waals surface area contributed by atoms with Gasteiger partial charge in [-0.2, -0.15) is 0 Å². The van der Waals surface area contributed by atoms with Gasteiger partial charge in [-0.05, 0) is 70.4 Å². The number of esters is 1. The minimum Gasteiger partial charge on any atom is -0.468 e. The topological polar surface area (TPSA) is 94.8 Å². The molecule has 0 aliphatic heterocycles. The standard InChI is InChI=1S/C29H37NO6/c1-17-12-13-21-28(5,15-14-22(31)29(21,6)25(33)35-7)23(17)24(32)20-16-18-10-8-9-11-19(18)30(20)26(34)36-27(2,3)4/h8-11,16,21,23-24,32H,1,12-15H2,2-7H3/t21-,23-,24?,28+,29-/m1/s1. The van der Waals surface area contributed by atoms with E-state index in [0.29, 0.717) is 30.5 Å². The number of methoxy groups -OCH3 is 1. The molecule has 1 aromatic heterocycles. The first-order chi connectivity index (χ1) is 16.8. The molecule has 0 spiro atoms. The van der Waals surface area contributed by atoms with Crippen LogP contribution in [-0.2, 0) is 19.1 Å². The smallest absolute Gasteiger partial charge is 0.419 e. The van der Waals surface area contributed by atoms with E-state index in [1.165, 1.54) is 11.7 Å². The number of ketones is 1. The van der Waals surface area contributed by atoms with Crippen molar-refractivity contribution in [1.82, 2.24) is 4.57 Å². The highest BCUT2D eigenvalue weighted by Gasteiger charge is 2.63. The highest BCUT2D eigenvalue weighted by Crippen LogP contribution is 2.62. The molecule has 7 nitrogen and oxygen atoms in total. The van der Waals surface area contributed by atoms with Crippen molar-refractivity contribution in [3.05, 3.63) is 48.2 Å². The van der Waals surface area contributed by atoms with Crippen molar-refractivity contribution < 1.29 is 29.0 Å². The number of nitrogens with zero attached hydrogens (tertiary/aromatic N) is 1. The lowest BCUT2D eigenvalue weighted by Crippen LogP contribution is -2.58. The van der Waals surface area contributed by atoms with Crippen molar-refractivity contribution in [2.45, 2.75) is 72.0 Å². The molecule has 1 heterocycles. The van der Waals surface area contributed by atoms with Crippen LogP contribution >= 0.6 is 0 Å². The molecule has 2 aliphatic rings. The van der Waals surface area contributed by atoms with E-state index in [4.69, 9.17) is 9.47 Å². The second kappa shape index (κ2) is 8.87. The van der Waals surface area contributed by atoms with Gasteiger partial charge in [0.1, 0.15) is 22.9 Å². The van der Waals surface area contributed by atoms with Gasteiger partial charge in [-0.15, -0.1) is 0 Å². The third kappa shape index (κ3) is 3.97. The van der Waals surface area contributed by atoms with Crippen LogP contribution in [0.3, 0.4) is 0 Å². The molecule has 1 aromatic carbocycles. The summed E-state index contributed by atoms with van der Waals surface area (Å²) < 4.78 is 12.2. The van der Waals surface area contributed by atoms with Crippen molar-refractivity contribution in [1.29, 1.82) is 0 Å². The number of carbonyl (C=O) groups excluding carboxylic acids is 3. The molecule has 1 unspecified atom stereocenters. The number of benzene rings is 1. The second-order valence-electron chi connectivity index (χ2n) is 11.7. The minimum absolute atomic E-state index is 0.125. The van der Waals surface area contributed by atoms with Crippen molar-refractivity contribution in [3.63, 3.8) is 0 Å². The first kappa shape index (κ1) is 26.1. The SMILES string of the molecule is C=C1CC[C@H]2[C@@](C)(C(=O)OC)C(=O)CC[C@]2(C)[C@H]1C(O)c1cc2ccccc2n1C(=O)OC(C)(C)C.